The van der Waals surface area contributed by atoms with E-state index in [0.717, 1.165) is 29.3 Å². The first kappa shape index (κ1) is 21.0. The Morgan fingerprint density at radius 1 is 1.25 bits per heavy atom. The largest absolute Gasteiger partial charge is 0.497 e. The predicted octanol–water partition coefficient (Wildman–Crippen LogP) is 3.32. The van der Waals surface area contributed by atoms with E-state index in [1.165, 1.54) is 24.6 Å². The van der Waals surface area contributed by atoms with Gasteiger partial charge in [0.05, 0.1) is 14.2 Å². The average Bonchev–Trinajstić information content (AvgIpc) is 3.15. The van der Waals surface area contributed by atoms with Gasteiger partial charge < -0.3 is 9.47 Å². The van der Waals surface area contributed by atoms with Gasteiger partial charge in [-0.3, -0.25) is 0 Å². The molecule has 1 aliphatic rings. The van der Waals surface area contributed by atoms with Gasteiger partial charge in [0.15, 0.2) is 0 Å². The molecule has 1 atom stereocenters. The van der Waals surface area contributed by atoms with Crippen LogP contribution >= 0.6 is 11.3 Å². The second-order valence-corrected chi connectivity index (χ2v) is 10.4. The van der Waals surface area contributed by atoms with E-state index in [4.69, 9.17) is 9.47 Å². The lowest BCUT2D eigenvalue weighted by atomic mass is 10.0. The number of sulfonamides is 1. The summed E-state index contributed by atoms with van der Waals surface area (Å²) in [5, 5.41) is 10.6. The molecule has 7 nitrogen and oxygen atoms in total. The number of nitrogens with zero attached hydrogens (tertiary/aromatic N) is 3. The molecule has 2 aromatic rings. The van der Waals surface area contributed by atoms with E-state index in [1.54, 1.807) is 23.5 Å². The van der Waals surface area contributed by atoms with Crippen molar-refractivity contribution < 1.29 is 17.9 Å². The maximum atomic E-state index is 13.3. The molecular formula is C19H27N3O4S2. The zero-order valence-corrected chi connectivity index (χ0v) is 18.3. The zero-order valence-electron chi connectivity index (χ0n) is 16.7. The molecule has 1 aliphatic heterocycles. The first-order valence-corrected chi connectivity index (χ1v) is 11.6. The maximum absolute atomic E-state index is 13.3. The fourth-order valence-corrected chi connectivity index (χ4v) is 6.23. The molecule has 1 fully saturated rings. The van der Waals surface area contributed by atoms with Crippen molar-refractivity contribution >= 4 is 21.4 Å². The molecule has 2 heterocycles. The third kappa shape index (κ3) is 4.47. The summed E-state index contributed by atoms with van der Waals surface area (Å²) >= 11 is 1.60. The Morgan fingerprint density at radius 2 is 2.04 bits per heavy atom. The summed E-state index contributed by atoms with van der Waals surface area (Å²) < 4.78 is 38.7. The fraction of sp³-hybridized carbons (Fsp3) is 0.579. The number of hydrogen-bond donors (Lipinski definition) is 0. The Hall–Kier alpha value is -1.71. The van der Waals surface area contributed by atoms with Gasteiger partial charge in [-0.25, -0.2) is 8.42 Å². The van der Waals surface area contributed by atoms with Crippen LogP contribution in [0.3, 0.4) is 0 Å². The highest BCUT2D eigenvalue weighted by Crippen LogP contribution is 2.35. The van der Waals surface area contributed by atoms with Gasteiger partial charge >= 0.3 is 0 Å². The molecule has 0 radical (unpaired) electrons. The van der Waals surface area contributed by atoms with Crippen molar-refractivity contribution in [2.24, 2.45) is 5.92 Å². The summed E-state index contributed by atoms with van der Waals surface area (Å²) in [6.07, 6.45) is 2.60. The molecular weight excluding hydrogens is 398 g/mol. The van der Waals surface area contributed by atoms with Gasteiger partial charge in [0.1, 0.15) is 26.4 Å². The molecule has 3 rings (SSSR count). The number of benzene rings is 1. The van der Waals surface area contributed by atoms with E-state index >= 15 is 0 Å². The van der Waals surface area contributed by atoms with Crippen LogP contribution in [0.5, 0.6) is 11.5 Å². The SMILES string of the molecule is COc1ccc(OC)c(S(=O)(=O)N2CCCC(c3nnc(CC(C)C)s3)C2)c1. The number of hydrogen-bond acceptors (Lipinski definition) is 7. The molecule has 0 amide bonds. The minimum atomic E-state index is -3.71. The van der Waals surface area contributed by atoms with Crippen LogP contribution in [-0.2, 0) is 16.4 Å². The van der Waals surface area contributed by atoms with E-state index in [2.05, 4.69) is 24.0 Å². The Kier molecular flexibility index (Phi) is 6.57. The molecule has 154 valence electrons. The Morgan fingerprint density at radius 3 is 2.71 bits per heavy atom. The first-order valence-electron chi connectivity index (χ1n) is 9.39. The highest BCUT2D eigenvalue weighted by molar-refractivity contribution is 7.89. The Bertz CT molecular complexity index is 912. The second kappa shape index (κ2) is 8.75. The van der Waals surface area contributed by atoms with Crippen molar-refractivity contribution in [2.45, 2.75) is 43.9 Å². The highest BCUT2D eigenvalue weighted by atomic mass is 32.2. The highest BCUT2D eigenvalue weighted by Gasteiger charge is 2.34. The number of piperidine rings is 1. The van der Waals surface area contributed by atoms with E-state index in [0.29, 0.717) is 30.5 Å². The second-order valence-electron chi connectivity index (χ2n) is 7.35. The molecule has 0 N–H and O–H groups in total. The predicted molar refractivity (Wildman–Crippen MR) is 109 cm³/mol. The smallest absolute Gasteiger partial charge is 0.246 e. The summed E-state index contributed by atoms with van der Waals surface area (Å²) in [7, 11) is -0.723. The fourth-order valence-electron chi connectivity index (χ4n) is 3.35. The van der Waals surface area contributed by atoms with Crippen molar-refractivity contribution in [1.82, 2.24) is 14.5 Å². The molecule has 1 aromatic heterocycles. The normalized spacial score (nSPS) is 18.4. The molecule has 1 aromatic carbocycles. The quantitative estimate of drug-likeness (QED) is 0.677. The first-order chi connectivity index (χ1) is 13.3. The molecule has 1 unspecified atom stereocenters. The average molecular weight is 426 g/mol. The summed E-state index contributed by atoms with van der Waals surface area (Å²) in [5.41, 5.74) is 0. The minimum Gasteiger partial charge on any atom is -0.497 e. The van der Waals surface area contributed by atoms with Gasteiger partial charge in [-0.1, -0.05) is 13.8 Å². The summed E-state index contributed by atoms with van der Waals surface area (Å²) in [6, 6.07) is 4.83. The zero-order chi connectivity index (χ0) is 20.3. The van der Waals surface area contributed by atoms with E-state index in [9.17, 15) is 8.42 Å². The van der Waals surface area contributed by atoms with Crippen LogP contribution in [0.2, 0.25) is 0 Å². The summed E-state index contributed by atoms with van der Waals surface area (Å²) in [5.74, 6) is 1.39. The van der Waals surface area contributed by atoms with E-state index < -0.39 is 10.0 Å². The lowest BCUT2D eigenvalue weighted by molar-refractivity contribution is 0.312. The monoisotopic (exact) mass is 425 g/mol. The Labute approximate surface area is 170 Å². The molecule has 1 saturated heterocycles. The number of aromatic nitrogens is 2. The molecule has 0 bridgehead atoms. The van der Waals surface area contributed by atoms with Gasteiger partial charge in [-0.15, -0.1) is 21.5 Å². The molecule has 9 heteroatoms. The van der Waals surface area contributed by atoms with Gasteiger partial charge in [-0.2, -0.15) is 4.31 Å². The number of ether oxygens (including phenoxy) is 2. The standard InChI is InChI=1S/C19H27N3O4S2/c1-13(2)10-18-20-21-19(27-18)14-6-5-9-22(12-14)28(23,24)17-11-15(25-3)7-8-16(17)26-4/h7-8,11,13-14H,5-6,9-10,12H2,1-4H3. The third-order valence-electron chi connectivity index (χ3n) is 4.79. The van der Waals surface area contributed by atoms with Gasteiger partial charge in [0.2, 0.25) is 10.0 Å². The molecule has 0 saturated carbocycles. The summed E-state index contributed by atoms with van der Waals surface area (Å²) in [4.78, 5) is 0.132. The van der Waals surface area contributed by atoms with Crippen LogP contribution in [0, 0.1) is 5.92 Å². The lowest BCUT2D eigenvalue weighted by Crippen LogP contribution is -2.39. The van der Waals surface area contributed by atoms with Crippen LogP contribution in [0.1, 0.15) is 42.6 Å². The van der Waals surface area contributed by atoms with Crippen molar-refractivity contribution in [3.05, 3.63) is 28.2 Å². The van der Waals surface area contributed by atoms with Gasteiger partial charge in [-0.05, 0) is 30.9 Å². The van der Waals surface area contributed by atoms with Crippen molar-refractivity contribution in [1.29, 1.82) is 0 Å². The van der Waals surface area contributed by atoms with Crippen LogP contribution in [-0.4, -0.2) is 50.2 Å². The topological polar surface area (TPSA) is 81.6 Å². The van der Waals surface area contributed by atoms with Gasteiger partial charge in [0, 0.05) is 31.5 Å². The van der Waals surface area contributed by atoms with Crippen molar-refractivity contribution in [3.63, 3.8) is 0 Å². The van der Waals surface area contributed by atoms with Crippen molar-refractivity contribution in [3.8, 4) is 11.5 Å². The van der Waals surface area contributed by atoms with Gasteiger partial charge in [0.25, 0.3) is 0 Å². The van der Waals surface area contributed by atoms with Crippen LogP contribution in [0.25, 0.3) is 0 Å². The number of methoxy groups -OCH3 is 2. The van der Waals surface area contributed by atoms with Crippen molar-refractivity contribution in [2.75, 3.05) is 27.3 Å². The van der Waals surface area contributed by atoms with Crippen LogP contribution in [0.4, 0.5) is 0 Å². The molecule has 0 aliphatic carbocycles. The van der Waals surface area contributed by atoms with E-state index in [-0.39, 0.29) is 10.8 Å². The summed E-state index contributed by atoms with van der Waals surface area (Å²) in [6.45, 7) is 5.19. The minimum absolute atomic E-state index is 0.0681. The maximum Gasteiger partial charge on any atom is 0.246 e. The number of rotatable bonds is 7. The van der Waals surface area contributed by atoms with E-state index in [1.807, 2.05) is 0 Å². The molecule has 0 spiro atoms. The molecule has 28 heavy (non-hydrogen) atoms. The Balaban J connectivity index is 1.84. The third-order valence-corrected chi connectivity index (χ3v) is 7.78. The van der Waals surface area contributed by atoms with Crippen LogP contribution < -0.4 is 9.47 Å². The lowest BCUT2D eigenvalue weighted by Gasteiger charge is -2.31. The van der Waals surface area contributed by atoms with Crippen LogP contribution in [0.15, 0.2) is 23.1 Å².